The van der Waals surface area contributed by atoms with E-state index in [9.17, 15) is 4.79 Å². The summed E-state index contributed by atoms with van der Waals surface area (Å²) in [5.74, 6) is 1.20. The van der Waals surface area contributed by atoms with Crippen molar-refractivity contribution in [2.45, 2.75) is 70.8 Å². The largest absolute Gasteiger partial charge is 0.497 e. The molecular weight excluding hydrogens is 346 g/mol. The monoisotopic (exact) mass is 381 g/mol. The van der Waals surface area contributed by atoms with Crippen LogP contribution in [0.3, 0.4) is 0 Å². The summed E-state index contributed by atoms with van der Waals surface area (Å²) in [6.07, 6.45) is 15.2. The van der Waals surface area contributed by atoms with Crippen LogP contribution in [0.4, 0.5) is 0 Å². The van der Waals surface area contributed by atoms with Gasteiger partial charge in [0, 0.05) is 5.56 Å². The zero-order valence-electron chi connectivity index (χ0n) is 17.8. The lowest BCUT2D eigenvalue weighted by Crippen LogP contribution is -2.59. The number of carbonyl (C=O) groups excluding carboxylic acids is 1. The predicted molar refractivity (Wildman–Crippen MR) is 116 cm³/mol. The Balaban J connectivity index is 1.67. The Morgan fingerprint density at radius 1 is 1.25 bits per heavy atom. The zero-order valence-corrected chi connectivity index (χ0v) is 17.8. The molecule has 1 saturated heterocycles. The summed E-state index contributed by atoms with van der Waals surface area (Å²) in [6, 6.07) is 5.97. The summed E-state index contributed by atoms with van der Waals surface area (Å²) in [4.78, 5) is 16.1. The van der Waals surface area contributed by atoms with Crippen LogP contribution in [-0.4, -0.2) is 36.4 Å². The third-order valence-corrected chi connectivity index (χ3v) is 6.48. The van der Waals surface area contributed by atoms with Crippen LogP contribution in [-0.2, 0) is 6.42 Å². The van der Waals surface area contributed by atoms with Crippen LogP contribution in [0.2, 0.25) is 0 Å². The molecule has 0 bridgehead atoms. The number of nitrogens with zero attached hydrogens (tertiary/aromatic N) is 1. The molecule has 3 rings (SSSR count). The van der Waals surface area contributed by atoms with E-state index < -0.39 is 0 Å². The maximum atomic E-state index is 13.6. The predicted octanol–water partition coefficient (Wildman–Crippen LogP) is 5.74. The minimum Gasteiger partial charge on any atom is -0.497 e. The smallest absolute Gasteiger partial charge is 0.183 e. The lowest BCUT2D eigenvalue weighted by Gasteiger charge is -2.48. The van der Waals surface area contributed by atoms with Gasteiger partial charge in [-0.2, -0.15) is 0 Å². The van der Waals surface area contributed by atoms with Gasteiger partial charge in [0.25, 0.3) is 0 Å². The van der Waals surface area contributed by atoms with Crippen LogP contribution in [0.15, 0.2) is 42.0 Å². The van der Waals surface area contributed by atoms with Crippen molar-refractivity contribution in [3.63, 3.8) is 0 Å². The number of unbranched alkanes of at least 4 members (excludes halogenated alkanes) is 1. The second-order valence-corrected chi connectivity index (χ2v) is 8.32. The van der Waals surface area contributed by atoms with E-state index >= 15 is 0 Å². The van der Waals surface area contributed by atoms with E-state index in [0.29, 0.717) is 5.78 Å². The van der Waals surface area contributed by atoms with Gasteiger partial charge in [0.15, 0.2) is 5.78 Å². The molecule has 0 aromatic heterocycles. The maximum Gasteiger partial charge on any atom is 0.183 e. The summed E-state index contributed by atoms with van der Waals surface area (Å²) in [5, 5.41) is 0. The number of piperidine rings is 1. The average Bonchev–Trinajstić information content (AvgIpc) is 2.73. The van der Waals surface area contributed by atoms with Crippen molar-refractivity contribution in [1.82, 2.24) is 4.90 Å². The van der Waals surface area contributed by atoms with Gasteiger partial charge in [-0.15, -0.1) is 0 Å². The maximum absolute atomic E-state index is 13.6. The minimum absolute atomic E-state index is 0.268. The Labute approximate surface area is 170 Å². The molecule has 1 fully saturated rings. The summed E-state index contributed by atoms with van der Waals surface area (Å²) in [5.41, 5.74) is 3.24. The zero-order chi connectivity index (χ0) is 20.0. The number of rotatable bonds is 7. The van der Waals surface area contributed by atoms with Crippen LogP contribution in [0.5, 0.6) is 5.75 Å². The molecule has 1 aliphatic carbocycles. The van der Waals surface area contributed by atoms with E-state index in [4.69, 9.17) is 4.74 Å². The molecular formula is C25H35NO2. The molecule has 1 aromatic rings. The summed E-state index contributed by atoms with van der Waals surface area (Å²) >= 11 is 0. The third-order valence-electron chi connectivity index (χ3n) is 6.48. The Hall–Kier alpha value is -1.87. The molecule has 0 radical (unpaired) electrons. The number of ketones is 1. The van der Waals surface area contributed by atoms with Crippen LogP contribution in [0.1, 0.15) is 74.7 Å². The fourth-order valence-corrected chi connectivity index (χ4v) is 4.84. The fraction of sp³-hybridized carbons (Fsp3) is 0.560. The standard InChI is InChI=1S/C25H35NO2/c1-4-5-10-20(2)11-6-8-17-26-18-9-7-15-25(26)16-14-21-19-22(28-3)12-13-23(21)24(25)27/h4-5,10,12-13,19H,6-9,11,14-18H2,1-3H3/b5-4-,20-10+. The Bertz CT molecular complexity index is 749. The molecule has 1 spiro atoms. The molecule has 1 unspecified atom stereocenters. The number of hydrogen-bond donors (Lipinski definition) is 0. The summed E-state index contributed by atoms with van der Waals surface area (Å²) in [7, 11) is 1.69. The Morgan fingerprint density at radius 3 is 2.89 bits per heavy atom. The van der Waals surface area contributed by atoms with E-state index in [-0.39, 0.29) is 5.54 Å². The molecule has 28 heavy (non-hydrogen) atoms. The number of aryl methyl sites for hydroxylation is 1. The second-order valence-electron chi connectivity index (χ2n) is 8.32. The van der Waals surface area contributed by atoms with Crippen molar-refractivity contribution in [2.75, 3.05) is 20.2 Å². The molecule has 0 amide bonds. The van der Waals surface area contributed by atoms with Gasteiger partial charge >= 0.3 is 0 Å². The van der Waals surface area contributed by atoms with Crippen molar-refractivity contribution in [3.8, 4) is 5.75 Å². The van der Waals surface area contributed by atoms with Crippen LogP contribution >= 0.6 is 0 Å². The first-order valence-electron chi connectivity index (χ1n) is 10.9. The molecule has 0 N–H and O–H groups in total. The van der Waals surface area contributed by atoms with Gasteiger partial charge in [-0.1, -0.05) is 23.8 Å². The minimum atomic E-state index is -0.268. The first kappa shape index (κ1) is 20.9. The van der Waals surface area contributed by atoms with E-state index in [1.54, 1.807) is 7.11 Å². The number of ether oxygens (including phenoxy) is 1. The van der Waals surface area contributed by atoms with E-state index in [1.807, 2.05) is 18.2 Å². The first-order valence-corrected chi connectivity index (χ1v) is 10.9. The van der Waals surface area contributed by atoms with E-state index in [0.717, 1.165) is 62.1 Å². The molecule has 152 valence electrons. The second kappa shape index (κ2) is 9.56. The molecule has 1 atom stereocenters. The normalized spacial score (nSPS) is 23.4. The molecule has 1 heterocycles. The highest BCUT2D eigenvalue weighted by Gasteiger charge is 2.47. The van der Waals surface area contributed by atoms with Crippen molar-refractivity contribution in [2.24, 2.45) is 0 Å². The molecule has 2 aliphatic rings. The van der Waals surface area contributed by atoms with E-state index in [2.05, 4.69) is 37.0 Å². The highest BCUT2D eigenvalue weighted by atomic mass is 16.5. The van der Waals surface area contributed by atoms with Gasteiger partial charge in [0.1, 0.15) is 5.75 Å². The number of hydrogen-bond acceptors (Lipinski definition) is 3. The SMILES string of the molecule is C/C=C\C=C(/C)CCCCN1CCCCC12CCc1cc(OC)ccc1C2=O. The van der Waals surface area contributed by atoms with Crippen molar-refractivity contribution in [1.29, 1.82) is 0 Å². The number of fused-ring (bicyclic) bond motifs is 1. The Morgan fingerprint density at radius 2 is 2.11 bits per heavy atom. The number of Topliss-reactive ketones (excluding diaryl/α,β-unsaturated/α-hetero) is 1. The molecule has 3 heteroatoms. The van der Waals surface area contributed by atoms with Crippen molar-refractivity contribution >= 4 is 5.78 Å². The van der Waals surface area contributed by atoms with Gasteiger partial charge in [0.05, 0.1) is 12.6 Å². The molecule has 1 aromatic carbocycles. The number of allylic oxidation sites excluding steroid dienone is 4. The summed E-state index contributed by atoms with van der Waals surface area (Å²) < 4.78 is 5.35. The van der Waals surface area contributed by atoms with Gasteiger partial charge in [-0.25, -0.2) is 0 Å². The number of carbonyl (C=O) groups is 1. The van der Waals surface area contributed by atoms with E-state index in [1.165, 1.54) is 24.8 Å². The van der Waals surface area contributed by atoms with Gasteiger partial charge in [-0.05, 0) is 102 Å². The lowest BCUT2D eigenvalue weighted by molar-refractivity contribution is 0.0285. The van der Waals surface area contributed by atoms with Crippen LogP contribution in [0, 0.1) is 0 Å². The van der Waals surface area contributed by atoms with Crippen LogP contribution < -0.4 is 4.74 Å². The fourth-order valence-electron chi connectivity index (χ4n) is 4.84. The topological polar surface area (TPSA) is 29.5 Å². The third kappa shape index (κ3) is 4.41. The quantitative estimate of drug-likeness (QED) is 0.445. The van der Waals surface area contributed by atoms with Crippen molar-refractivity contribution in [3.05, 3.63) is 53.1 Å². The highest BCUT2D eigenvalue weighted by molar-refractivity contribution is 6.05. The van der Waals surface area contributed by atoms with Crippen LogP contribution in [0.25, 0.3) is 0 Å². The number of methoxy groups -OCH3 is 1. The highest BCUT2D eigenvalue weighted by Crippen LogP contribution is 2.40. The van der Waals surface area contributed by atoms with Crippen molar-refractivity contribution < 1.29 is 9.53 Å². The molecule has 3 nitrogen and oxygen atoms in total. The first-order chi connectivity index (χ1) is 13.6. The molecule has 1 aliphatic heterocycles. The Kier molecular flexibility index (Phi) is 7.12. The summed E-state index contributed by atoms with van der Waals surface area (Å²) in [6.45, 7) is 6.35. The lowest BCUT2D eigenvalue weighted by atomic mass is 9.71. The molecule has 0 saturated carbocycles. The van der Waals surface area contributed by atoms with Gasteiger partial charge < -0.3 is 4.74 Å². The van der Waals surface area contributed by atoms with Gasteiger partial charge in [-0.3, -0.25) is 9.69 Å². The average molecular weight is 382 g/mol. The number of benzene rings is 1. The number of likely N-dealkylation sites (tertiary alicyclic amines) is 1. The van der Waals surface area contributed by atoms with Gasteiger partial charge in [0.2, 0.25) is 0 Å².